The topological polar surface area (TPSA) is 20.3 Å². The summed E-state index contributed by atoms with van der Waals surface area (Å²) in [6.07, 6.45) is 5.21. The van der Waals surface area contributed by atoms with Gasteiger partial charge < -0.3 is 4.90 Å². The predicted molar refractivity (Wildman–Crippen MR) is 69.7 cm³/mol. The molecular weight excluding hydrogens is 254 g/mol. The van der Waals surface area contributed by atoms with Crippen LogP contribution in [0.25, 0.3) is 0 Å². The van der Waals surface area contributed by atoms with Gasteiger partial charge in [-0.3, -0.25) is 4.79 Å². The molecule has 90 valence electrons. The Labute approximate surface area is 104 Å². The number of unbranched alkanes of at least 4 members (excludes halogenated alkanes) is 1. The lowest BCUT2D eigenvalue weighted by atomic mass is 9.90. The smallest absolute Gasteiger partial charge is 0.136 e. The highest BCUT2D eigenvalue weighted by molar-refractivity contribution is 8.93. The van der Waals surface area contributed by atoms with E-state index in [2.05, 4.69) is 18.7 Å². The molecule has 0 spiro atoms. The second-order valence-electron chi connectivity index (χ2n) is 4.28. The molecule has 0 unspecified atom stereocenters. The number of carbonyl (C=O) groups excluding carboxylic acids is 1. The molecule has 0 saturated carbocycles. The molecule has 0 radical (unpaired) electrons. The average molecular weight is 278 g/mol. The van der Waals surface area contributed by atoms with Gasteiger partial charge in [-0.2, -0.15) is 0 Å². The van der Waals surface area contributed by atoms with Crippen molar-refractivity contribution in [1.29, 1.82) is 0 Å². The lowest BCUT2D eigenvalue weighted by Crippen LogP contribution is -2.36. The summed E-state index contributed by atoms with van der Waals surface area (Å²) in [5, 5.41) is 0. The van der Waals surface area contributed by atoms with Gasteiger partial charge in [0.05, 0.1) is 0 Å². The molecular formula is C12H24BrNO. The van der Waals surface area contributed by atoms with Crippen LogP contribution in [0.2, 0.25) is 0 Å². The third-order valence-electron chi connectivity index (χ3n) is 3.27. The Morgan fingerprint density at radius 1 is 1.27 bits per heavy atom. The van der Waals surface area contributed by atoms with Crippen LogP contribution in [0.5, 0.6) is 0 Å². The number of Topliss-reactive ketones (excluding diaryl/α,β-unsaturated/α-hetero) is 1. The van der Waals surface area contributed by atoms with Crippen molar-refractivity contribution in [3.05, 3.63) is 0 Å². The third kappa shape index (κ3) is 5.12. The molecule has 0 N–H and O–H groups in total. The van der Waals surface area contributed by atoms with Crippen LogP contribution in [-0.2, 0) is 4.79 Å². The van der Waals surface area contributed by atoms with Gasteiger partial charge in [-0.05, 0) is 38.9 Å². The van der Waals surface area contributed by atoms with Crippen LogP contribution >= 0.6 is 17.0 Å². The summed E-state index contributed by atoms with van der Waals surface area (Å²) >= 11 is 0. The van der Waals surface area contributed by atoms with E-state index in [0.29, 0.717) is 11.7 Å². The molecule has 0 aliphatic carbocycles. The Kier molecular flexibility index (Phi) is 8.34. The fraction of sp³-hybridized carbons (Fsp3) is 0.917. The Bertz CT molecular complexity index is 176. The van der Waals surface area contributed by atoms with E-state index in [0.717, 1.165) is 51.7 Å². The maximum atomic E-state index is 11.7. The minimum Gasteiger partial charge on any atom is -0.304 e. The molecule has 15 heavy (non-hydrogen) atoms. The quantitative estimate of drug-likeness (QED) is 0.770. The molecule has 0 aromatic carbocycles. The molecule has 0 aromatic heterocycles. The fourth-order valence-corrected chi connectivity index (χ4v) is 2.13. The molecule has 3 heteroatoms. The van der Waals surface area contributed by atoms with E-state index >= 15 is 0 Å². The molecule has 2 nitrogen and oxygen atoms in total. The second kappa shape index (κ2) is 8.28. The molecule has 0 aromatic rings. The van der Waals surface area contributed by atoms with Crippen LogP contribution in [0.4, 0.5) is 0 Å². The summed E-state index contributed by atoms with van der Waals surface area (Å²) in [5.74, 6) is 0.895. The first-order chi connectivity index (χ1) is 6.77. The molecule has 1 aliphatic heterocycles. The Hall–Kier alpha value is 0.110. The number of ketones is 1. The summed E-state index contributed by atoms with van der Waals surface area (Å²) in [7, 11) is 0. The lowest BCUT2D eigenvalue weighted by molar-refractivity contribution is -0.124. The maximum absolute atomic E-state index is 11.7. The van der Waals surface area contributed by atoms with Gasteiger partial charge in [-0.25, -0.2) is 0 Å². The van der Waals surface area contributed by atoms with Crippen LogP contribution in [0, 0.1) is 5.92 Å². The van der Waals surface area contributed by atoms with Crippen molar-refractivity contribution in [3.8, 4) is 0 Å². The monoisotopic (exact) mass is 277 g/mol. The first-order valence-corrected chi connectivity index (χ1v) is 6.03. The van der Waals surface area contributed by atoms with Crippen LogP contribution in [0.1, 0.15) is 46.0 Å². The van der Waals surface area contributed by atoms with Gasteiger partial charge in [0, 0.05) is 12.3 Å². The van der Waals surface area contributed by atoms with Gasteiger partial charge >= 0.3 is 0 Å². The summed E-state index contributed by atoms with van der Waals surface area (Å²) in [4.78, 5) is 14.2. The molecule has 1 aliphatic rings. The molecule has 1 heterocycles. The van der Waals surface area contributed by atoms with E-state index in [1.807, 2.05) is 0 Å². The maximum Gasteiger partial charge on any atom is 0.136 e. The Morgan fingerprint density at radius 2 is 1.87 bits per heavy atom. The van der Waals surface area contributed by atoms with Crippen molar-refractivity contribution in [1.82, 2.24) is 4.90 Å². The summed E-state index contributed by atoms with van der Waals surface area (Å²) < 4.78 is 0. The van der Waals surface area contributed by atoms with Gasteiger partial charge in [-0.1, -0.05) is 20.3 Å². The summed E-state index contributed by atoms with van der Waals surface area (Å²) in [6.45, 7) is 7.72. The summed E-state index contributed by atoms with van der Waals surface area (Å²) in [5.41, 5.74) is 0. The Morgan fingerprint density at radius 3 is 2.33 bits per heavy atom. The number of likely N-dealkylation sites (tertiary alicyclic amines) is 1. The largest absolute Gasteiger partial charge is 0.304 e. The number of hydrogen-bond donors (Lipinski definition) is 0. The fourth-order valence-electron chi connectivity index (χ4n) is 2.13. The van der Waals surface area contributed by atoms with E-state index < -0.39 is 0 Å². The van der Waals surface area contributed by atoms with Crippen LogP contribution in [0.3, 0.4) is 0 Å². The summed E-state index contributed by atoms with van der Waals surface area (Å²) in [6, 6.07) is 0. The van der Waals surface area contributed by atoms with Crippen molar-refractivity contribution in [3.63, 3.8) is 0 Å². The van der Waals surface area contributed by atoms with Crippen molar-refractivity contribution in [2.45, 2.75) is 46.0 Å². The van der Waals surface area contributed by atoms with E-state index in [1.165, 1.54) is 0 Å². The second-order valence-corrected chi connectivity index (χ2v) is 4.28. The first kappa shape index (κ1) is 15.1. The van der Waals surface area contributed by atoms with Crippen LogP contribution < -0.4 is 0 Å². The zero-order chi connectivity index (χ0) is 10.4. The van der Waals surface area contributed by atoms with E-state index in [1.54, 1.807) is 0 Å². The lowest BCUT2D eigenvalue weighted by Gasteiger charge is -2.30. The van der Waals surface area contributed by atoms with Gasteiger partial charge in [-0.15, -0.1) is 17.0 Å². The standard InChI is InChI=1S/C12H23NO.BrH/c1-3-5-6-12(14)11-7-9-13(4-2)10-8-11;/h11H,3-10H2,1-2H3;1H. The number of piperidine rings is 1. The highest BCUT2D eigenvalue weighted by atomic mass is 79.9. The van der Waals surface area contributed by atoms with Crippen LogP contribution in [0.15, 0.2) is 0 Å². The normalized spacial score (nSPS) is 18.5. The Balaban J connectivity index is 0.00000196. The van der Waals surface area contributed by atoms with Crippen molar-refractivity contribution in [2.24, 2.45) is 5.92 Å². The number of carbonyl (C=O) groups is 1. The molecule has 0 atom stereocenters. The highest BCUT2D eigenvalue weighted by Crippen LogP contribution is 2.19. The molecule has 0 amide bonds. The number of rotatable bonds is 5. The number of nitrogens with zero attached hydrogens (tertiary/aromatic N) is 1. The predicted octanol–water partition coefficient (Wildman–Crippen LogP) is 3.06. The van der Waals surface area contributed by atoms with E-state index in [4.69, 9.17) is 0 Å². The third-order valence-corrected chi connectivity index (χ3v) is 3.27. The van der Waals surface area contributed by atoms with E-state index in [9.17, 15) is 4.79 Å². The zero-order valence-electron chi connectivity index (χ0n) is 10.00. The molecule has 1 fully saturated rings. The zero-order valence-corrected chi connectivity index (χ0v) is 11.7. The van der Waals surface area contributed by atoms with Crippen molar-refractivity contribution >= 4 is 22.8 Å². The average Bonchev–Trinajstić information content (AvgIpc) is 2.26. The first-order valence-electron chi connectivity index (χ1n) is 6.03. The van der Waals surface area contributed by atoms with Crippen molar-refractivity contribution < 1.29 is 4.79 Å². The highest BCUT2D eigenvalue weighted by Gasteiger charge is 2.23. The number of hydrogen-bond acceptors (Lipinski definition) is 2. The minimum atomic E-state index is 0. The van der Waals surface area contributed by atoms with Gasteiger partial charge in [0.15, 0.2) is 0 Å². The van der Waals surface area contributed by atoms with Gasteiger partial charge in [0.25, 0.3) is 0 Å². The van der Waals surface area contributed by atoms with E-state index in [-0.39, 0.29) is 17.0 Å². The van der Waals surface area contributed by atoms with Gasteiger partial charge in [0.1, 0.15) is 5.78 Å². The SMILES string of the molecule is Br.CCCCC(=O)C1CCN(CC)CC1. The number of halogens is 1. The van der Waals surface area contributed by atoms with Gasteiger partial charge in [0.2, 0.25) is 0 Å². The van der Waals surface area contributed by atoms with Crippen molar-refractivity contribution in [2.75, 3.05) is 19.6 Å². The molecule has 0 bridgehead atoms. The minimum absolute atomic E-state index is 0. The molecule has 1 saturated heterocycles. The molecule has 1 rings (SSSR count). The van der Waals surface area contributed by atoms with Crippen LogP contribution in [-0.4, -0.2) is 30.3 Å².